The number of ether oxygens (including phenoxy) is 1. The molecule has 0 spiro atoms. The first kappa shape index (κ1) is 11.4. The van der Waals surface area contributed by atoms with E-state index in [9.17, 15) is 4.79 Å². The van der Waals surface area contributed by atoms with Gasteiger partial charge in [0, 0.05) is 6.07 Å². The second-order valence-corrected chi connectivity index (χ2v) is 3.86. The van der Waals surface area contributed by atoms with Crippen molar-refractivity contribution >= 4 is 5.97 Å². The van der Waals surface area contributed by atoms with Crippen LogP contribution in [-0.2, 0) is 25.4 Å². The van der Waals surface area contributed by atoms with Gasteiger partial charge in [0.15, 0.2) is 18.9 Å². The average Bonchev–Trinajstić information content (AvgIpc) is 2.69. The Kier molecular flexibility index (Phi) is 3.23. The predicted octanol–water partition coefficient (Wildman–Crippen LogP) is 1.21. The molecule has 0 amide bonds. The van der Waals surface area contributed by atoms with Gasteiger partial charge < -0.3 is 4.74 Å². The zero-order valence-corrected chi connectivity index (χ0v) is 9.96. The molecule has 0 aliphatic rings. The predicted molar refractivity (Wildman–Crippen MR) is 62.2 cm³/mol. The number of hydrogen-bond donors (Lipinski definition) is 0. The fraction of sp³-hybridized carbons (Fsp3) is 0.231. The van der Waals surface area contributed by atoms with Crippen molar-refractivity contribution in [3.63, 3.8) is 0 Å². The number of rotatable bonds is 3. The Hall–Kier alpha value is -2.10. The highest BCUT2D eigenvalue weighted by Gasteiger charge is 2.16. The lowest BCUT2D eigenvalue weighted by atomic mass is 10.2. The van der Waals surface area contributed by atoms with Crippen LogP contribution in [0.15, 0.2) is 42.6 Å². The quantitative estimate of drug-likeness (QED) is 0.588. The molecule has 1 heterocycles. The van der Waals surface area contributed by atoms with E-state index in [-0.39, 0.29) is 5.97 Å². The Morgan fingerprint density at radius 2 is 2.00 bits per heavy atom. The molecule has 0 aliphatic carbocycles. The number of aromatic nitrogens is 2. The summed E-state index contributed by atoms with van der Waals surface area (Å²) in [5.74, 6) is -0.308. The Morgan fingerprint density at radius 3 is 2.59 bits per heavy atom. The molecule has 0 saturated heterocycles. The number of hydrogen-bond acceptors (Lipinski definition) is 2. The molecule has 0 bridgehead atoms. The Labute approximate surface area is 100 Å². The summed E-state index contributed by atoms with van der Waals surface area (Å²) in [5, 5.41) is 0. The van der Waals surface area contributed by atoms with E-state index in [1.807, 2.05) is 55.3 Å². The summed E-state index contributed by atoms with van der Waals surface area (Å²) in [6, 6.07) is 11.4. The zero-order chi connectivity index (χ0) is 12.3. The Morgan fingerprint density at radius 1 is 1.29 bits per heavy atom. The molecule has 0 unspecified atom stereocenters. The summed E-state index contributed by atoms with van der Waals surface area (Å²) in [5.41, 5.74) is 1.53. The van der Waals surface area contributed by atoms with Gasteiger partial charge in [0.2, 0.25) is 0 Å². The maximum Gasteiger partial charge on any atom is 0.361 e. The van der Waals surface area contributed by atoms with Crippen LogP contribution in [0.4, 0.5) is 0 Å². The van der Waals surface area contributed by atoms with Crippen molar-refractivity contribution in [1.29, 1.82) is 0 Å². The third-order valence-electron chi connectivity index (χ3n) is 2.69. The van der Waals surface area contributed by atoms with Gasteiger partial charge in [0.1, 0.15) is 6.61 Å². The minimum absolute atomic E-state index is 0.300. The maximum atomic E-state index is 11.8. The SMILES string of the molecule is Cn1c(C(=O)OCc2ccccc2)cc[n+]1C. The highest BCUT2D eigenvalue weighted by molar-refractivity contribution is 5.87. The monoisotopic (exact) mass is 231 g/mol. The molecular formula is C13H15N2O2+. The van der Waals surface area contributed by atoms with Crippen LogP contribution in [0.3, 0.4) is 0 Å². The van der Waals surface area contributed by atoms with Crippen molar-refractivity contribution in [1.82, 2.24) is 4.68 Å². The number of carbonyl (C=O) groups is 1. The second-order valence-electron chi connectivity index (χ2n) is 3.86. The van der Waals surface area contributed by atoms with Crippen LogP contribution >= 0.6 is 0 Å². The van der Waals surface area contributed by atoms with E-state index >= 15 is 0 Å². The van der Waals surface area contributed by atoms with Gasteiger partial charge in [-0.25, -0.2) is 4.79 Å². The van der Waals surface area contributed by atoms with Crippen LogP contribution in [0.1, 0.15) is 16.1 Å². The van der Waals surface area contributed by atoms with Crippen LogP contribution in [0.2, 0.25) is 0 Å². The Bertz CT molecular complexity index is 517. The van der Waals surface area contributed by atoms with Gasteiger partial charge in [0.25, 0.3) is 0 Å². The summed E-state index contributed by atoms with van der Waals surface area (Å²) >= 11 is 0. The van der Waals surface area contributed by atoms with Crippen molar-refractivity contribution in [2.45, 2.75) is 6.61 Å². The zero-order valence-electron chi connectivity index (χ0n) is 9.96. The number of carbonyl (C=O) groups excluding carboxylic acids is 1. The molecular weight excluding hydrogens is 216 g/mol. The van der Waals surface area contributed by atoms with E-state index in [1.54, 1.807) is 10.7 Å². The number of nitrogens with zero attached hydrogens (tertiary/aromatic N) is 2. The van der Waals surface area contributed by atoms with Gasteiger partial charge >= 0.3 is 5.97 Å². The second kappa shape index (κ2) is 4.82. The van der Waals surface area contributed by atoms with Crippen molar-refractivity contribution in [2.75, 3.05) is 0 Å². The molecule has 17 heavy (non-hydrogen) atoms. The smallest absolute Gasteiger partial charge is 0.361 e. The van der Waals surface area contributed by atoms with Crippen molar-refractivity contribution < 1.29 is 14.2 Å². The fourth-order valence-corrected chi connectivity index (χ4v) is 1.55. The Balaban J connectivity index is 2.01. The first-order valence-electron chi connectivity index (χ1n) is 5.41. The van der Waals surface area contributed by atoms with Gasteiger partial charge in [-0.15, -0.1) is 9.36 Å². The van der Waals surface area contributed by atoms with Crippen LogP contribution in [0.25, 0.3) is 0 Å². The van der Waals surface area contributed by atoms with Gasteiger partial charge in [-0.3, -0.25) is 0 Å². The summed E-state index contributed by atoms with van der Waals surface area (Å²) in [4.78, 5) is 11.8. The highest BCUT2D eigenvalue weighted by atomic mass is 16.5. The molecule has 0 saturated carbocycles. The largest absolute Gasteiger partial charge is 0.456 e. The lowest BCUT2D eigenvalue weighted by molar-refractivity contribution is -0.751. The number of esters is 1. The summed E-state index contributed by atoms with van der Waals surface area (Å²) < 4.78 is 8.80. The molecule has 0 fully saturated rings. The maximum absolute atomic E-state index is 11.8. The lowest BCUT2D eigenvalue weighted by Gasteiger charge is -2.03. The third-order valence-corrected chi connectivity index (χ3v) is 2.69. The molecule has 88 valence electrons. The summed E-state index contributed by atoms with van der Waals surface area (Å²) in [7, 11) is 3.69. The van der Waals surface area contributed by atoms with Crippen molar-refractivity contribution in [3.05, 3.63) is 53.9 Å². The van der Waals surface area contributed by atoms with Crippen molar-refractivity contribution in [3.8, 4) is 0 Å². The minimum atomic E-state index is -0.308. The topological polar surface area (TPSA) is 35.1 Å². The van der Waals surface area contributed by atoms with Gasteiger partial charge in [-0.05, 0) is 5.56 Å². The molecule has 0 atom stereocenters. The summed E-state index contributed by atoms with van der Waals surface area (Å²) in [6.07, 6.45) is 1.82. The van der Waals surface area contributed by atoms with Crippen LogP contribution < -0.4 is 4.68 Å². The molecule has 1 aromatic heterocycles. The molecule has 2 aromatic rings. The first-order valence-corrected chi connectivity index (χ1v) is 5.41. The molecule has 4 heteroatoms. The van der Waals surface area contributed by atoms with Gasteiger partial charge in [0.05, 0.1) is 7.05 Å². The van der Waals surface area contributed by atoms with E-state index in [1.165, 1.54) is 0 Å². The molecule has 0 N–H and O–H groups in total. The van der Waals surface area contributed by atoms with Gasteiger partial charge in [-0.2, -0.15) is 0 Å². The van der Waals surface area contributed by atoms with E-state index in [2.05, 4.69) is 0 Å². The standard InChI is InChI=1S/C13H15N2O2/c1-14-9-8-12(15(14)2)13(16)17-10-11-6-4-3-5-7-11/h3-9H,10H2,1-2H3/q+1. The molecule has 0 radical (unpaired) electrons. The fourth-order valence-electron chi connectivity index (χ4n) is 1.55. The van der Waals surface area contributed by atoms with E-state index in [0.717, 1.165) is 5.56 Å². The molecule has 1 aromatic carbocycles. The minimum Gasteiger partial charge on any atom is -0.456 e. The average molecular weight is 231 g/mol. The highest BCUT2D eigenvalue weighted by Crippen LogP contribution is 2.04. The number of aryl methyl sites for hydroxylation is 1. The van der Waals surface area contributed by atoms with E-state index in [0.29, 0.717) is 12.3 Å². The number of benzene rings is 1. The molecule has 4 nitrogen and oxygen atoms in total. The van der Waals surface area contributed by atoms with E-state index in [4.69, 9.17) is 4.74 Å². The van der Waals surface area contributed by atoms with Gasteiger partial charge in [-0.1, -0.05) is 30.3 Å². The summed E-state index contributed by atoms with van der Waals surface area (Å²) in [6.45, 7) is 0.300. The van der Waals surface area contributed by atoms with Crippen molar-refractivity contribution in [2.24, 2.45) is 14.1 Å². The third kappa shape index (κ3) is 2.53. The molecule has 0 aliphatic heterocycles. The van der Waals surface area contributed by atoms with E-state index < -0.39 is 0 Å². The molecule has 2 rings (SSSR count). The normalized spacial score (nSPS) is 10.2. The first-order chi connectivity index (χ1) is 8.18. The van der Waals surface area contributed by atoms with Crippen LogP contribution in [0.5, 0.6) is 0 Å². The van der Waals surface area contributed by atoms with Crippen LogP contribution in [-0.4, -0.2) is 10.7 Å². The lowest BCUT2D eigenvalue weighted by Crippen LogP contribution is -2.37. The van der Waals surface area contributed by atoms with Crippen LogP contribution in [0, 0.1) is 0 Å².